The number of halogens is 2. The number of aromatic nitrogens is 2. The number of carbonyl (C=O) groups excluding carboxylic acids is 1. The standard InChI is InChI=1S/C23H17F2N3O3S2/c1-13(29)28(19-8-7-15(24)11-17(19)25)23-26-16(12-32-23)10-14(6-9-21(30)31)22-27-18-4-2-3-5-20(18)33-22/h2-5,7-8,10-12H,6,9H2,1H3,(H,30,31)/b14-10-. The van der Waals surface area contributed by atoms with Crippen molar-refractivity contribution in [1.82, 2.24) is 9.97 Å². The minimum absolute atomic E-state index is 0.0842. The summed E-state index contributed by atoms with van der Waals surface area (Å²) in [5.74, 6) is -3.05. The van der Waals surface area contributed by atoms with Crippen molar-refractivity contribution in [2.75, 3.05) is 4.90 Å². The molecule has 1 N–H and O–H groups in total. The van der Waals surface area contributed by atoms with Crippen LogP contribution in [0.5, 0.6) is 0 Å². The summed E-state index contributed by atoms with van der Waals surface area (Å²) >= 11 is 2.56. The molecular formula is C23H17F2N3O3S2. The monoisotopic (exact) mass is 485 g/mol. The Morgan fingerprint density at radius 1 is 1.12 bits per heavy atom. The minimum atomic E-state index is -0.935. The summed E-state index contributed by atoms with van der Waals surface area (Å²) in [5.41, 5.74) is 1.87. The van der Waals surface area contributed by atoms with Gasteiger partial charge in [0.2, 0.25) is 5.91 Å². The molecule has 0 atom stereocenters. The second-order valence-corrected chi connectivity index (χ2v) is 8.92. The summed E-state index contributed by atoms with van der Waals surface area (Å²) in [6, 6.07) is 10.6. The first-order chi connectivity index (χ1) is 15.8. The van der Waals surface area contributed by atoms with Crippen LogP contribution in [0.3, 0.4) is 0 Å². The number of carboxylic acid groups (broad SMARTS) is 1. The first kappa shape index (κ1) is 22.7. The topological polar surface area (TPSA) is 83.4 Å². The van der Waals surface area contributed by atoms with Crippen LogP contribution >= 0.6 is 22.7 Å². The largest absolute Gasteiger partial charge is 0.481 e. The molecule has 0 unspecified atom stereocenters. The van der Waals surface area contributed by atoms with Crippen LogP contribution in [0, 0.1) is 11.6 Å². The number of hydrogen-bond acceptors (Lipinski definition) is 6. The maximum Gasteiger partial charge on any atom is 0.303 e. The van der Waals surface area contributed by atoms with Crippen LogP contribution in [0.15, 0.2) is 47.8 Å². The third-order valence-electron chi connectivity index (χ3n) is 4.67. The van der Waals surface area contributed by atoms with Crippen molar-refractivity contribution in [3.63, 3.8) is 0 Å². The van der Waals surface area contributed by atoms with E-state index in [0.29, 0.717) is 22.3 Å². The number of fused-ring (bicyclic) bond motifs is 1. The van der Waals surface area contributed by atoms with Gasteiger partial charge >= 0.3 is 5.97 Å². The average molecular weight is 486 g/mol. The molecule has 2 heterocycles. The number of allylic oxidation sites excluding steroid dienone is 1. The molecule has 4 aromatic rings. The molecule has 0 aliphatic heterocycles. The van der Waals surface area contributed by atoms with Gasteiger partial charge in [0.1, 0.15) is 16.6 Å². The summed E-state index contributed by atoms with van der Waals surface area (Å²) < 4.78 is 28.6. The van der Waals surface area contributed by atoms with Gasteiger partial charge in [-0.25, -0.2) is 18.7 Å². The molecule has 2 aromatic heterocycles. The van der Waals surface area contributed by atoms with E-state index >= 15 is 0 Å². The van der Waals surface area contributed by atoms with Crippen LogP contribution in [0.2, 0.25) is 0 Å². The molecule has 0 aliphatic carbocycles. The molecule has 10 heteroatoms. The summed E-state index contributed by atoms with van der Waals surface area (Å²) in [4.78, 5) is 33.5. The molecule has 4 rings (SSSR count). The zero-order valence-corrected chi connectivity index (χ0v) is 18.9. The van der Waals surface area contributed by atoms with Crippen LogP contribution in [0.1, 0.15) is 30.5 Å². The van der Waals surface area contributed by atoms with Crippen molar-refractivity contribution in [3.05, 3.63) is 70.2 Å². The molecule has 2 aromatic carbocycles. The molecule has 0 radical (unpaired) electrons. The number of carbonyl (C=O) groups is 2. The molecule has 6 nitrogen and oxygen atoms in total. The predicted octanol–water partition coefficient (Wildman–Crippen LogP) is 6.12. The number of carboxylic acids is 1. The average Bonchev–Trinajstić information content (AvgIpc) is 3.39. The van der Waals surface area contributed by atoms with Crippen molar-refractivity contribution in [1.29, 1.82) is 0 Å². The second kappa shape index (κ2) is 9.55. The Balaban J connectivity index is 1.72. The van der Waals surface area contributed by atoms with Gasteiger partial charge in [-0.15, -0.1) is 22.7 Å². The molecule has 0 aliphatic rings. The number of rotatable bonds is 7. The number of amides is 1. The minimum Gasteiger partial charge on any atom is -0.481 e. The number of anilines is 2. The number of hydrogen-bond donors (Lipinski definition) is 1. The highest BCUT2D eigenvalue weighted by molar-refractivity contribution is 7.19. The van der Waals surface area contributed by atoms with Gasteiger partial charge in [0.05, 0.1) is 21.6 Å². The molecule has 0 spiro atoms. The quantitative estimate of drug-likeness (QED) is 0.341. The van der Waals surface area contributed by atoms with Gasteiger partial charge in [0.25, 0.3) is 0 Å². The molecule has 1 amide bonds. The lowest BCUT2D eigenvalue weighted by Gasteiger charge is -2.18. The smallest absolute Gasteiger partial charge is 0.303 e. The van der Waals surface area contributed by atoms with E-state index in [1.165, 1.54) is 24.3 Å². The number of nitrogens with zero attached hydrogens (tertiary/aromatic N) is 3. The van der Waals surface area contributed by atoms with Gasteiger partial charge in [0.15, 0.2) is 5.13 Å². The van der Waals surface area contributed by atoms with Crippen LogP contribution in [-0.4, -0.2) is 27.0 Å². The highest BCUT2D eigenvalue weighted by Crippen LogP contribution is 2.34. The van der Waals surface area contributed by atoms with E-state index < -0.39 is 23.5 Å². The lowest BCUT2D eigenvalue weighted by molar-refractivity contribution is -0.136. The SMILES string of the molecule is CC(=O)N(c1nc(/C=C(/CCC(=O)O)c2nc3ccccc3s2)cs1)c1ccc(F)cc1F. The normalized spacial score (nSPS) is 11.7. The van der Waals surface area contributed by atoms with E-state index in [4.69, 9.17) is 5.11 Å². The summed E-state index contributed by atoms with van der Waals surface area (Å²) in [5, 5.41) is 11.7. The fourth-order valence-corrected chi connectivity index (χ4v) is 5.03. The van der Waals surface area contributed by atoms with Gasteiger partial charge in [-0.1, -0.05) is 12.1 Å². The lowest BCUT2D eigenvalue weighted by Crippen LogP contribution is -2.23. The number of para-hydroxylation sites is 1. The number of thiazole rings is 2. The van der Waals surface area contributed by atoms with Crippen LogP contribution in [0.4, 0.5) is 19.6 Å². The molecule has 0 bridgehead atoms. The van der Waals surface area contributed by atoms with Gasteiger partial charge in [0, 0.05) is 24.8 Å². The highest BCUT2D eigenvalue weighted by Gasteiger charge is 2.22. The zero-order valence-electron chi connectivity index (χ0n) is 17.3. The van der Waals surface area contributed by atoms with E-state index in [0.717, 1.165) is 32.5 Å². The third-order valence-corrected chi connectivity index (χ3v) is 6.62. The summed E-state index contributed by atoms with van der Waals surface area (Å²) in [6.45, 7) is 1.26. The Morgan fingerprint density at radius 3 is 2.61 bits per heavy atom. The summed E-state index contributed by atoms with van der Waals surface area (Å²) in [7, 11) is 0. The van der Waals surface area contributed by atoms with Crippen molar-refractivity contribution >= 4 is 67.2 Å². The van der Waals surface area contributed by atoms with Gasteiger partial charge in [-0.05, 0) is 42.3 Å². The van der Waals surface area contributed by atoms with Crippen LogP contribution < -0.4 is 4.90 Å². The number of benzene rings is 2. The molecule has 0 saturated heterocycles. The second-order valence-electron chi connectivity index (χ2n) is 7.06. The van der Waals surface area contributed by atoms with Crippen LogP contribution in [-0.2, 0) is 9.59 Å². The Bertz CT molecular complexity index is 1350. The third kappa shape index (κ3) is 5.12. The van der Waals surface area contributed by atoms with E-state index in [-0.39, 0.29) is 23.7 Å². The van der Waals surface area contributed by atoms with Gasteiger partial charge < -0.3 is 5.11 Å². The Kier molecular flexibility index (Phi) is 6.57. The number of aliphatic carboxylic acids is 1. The summed E-state index contributed by atoms with van der Waals surface area (Å²) in [6.07, 6.45) is 1.88. The maximum absolute atomic E-state index is 14.3. The lowest BCUT2D eigenvalue weighted by atomic mass is 10.1. The molecule has 0 saturated carbocycles. The maximum atomic E-state index is 14.3. The molecule has 168 valence electrons. The van der Waals surface area contributed by atoms with Crippen molar-refractivity contribution < 1.29 is 23.5 Å². The predicted molar refractivity (Wildman–Crippen MR) is 126 cm³/mol. The molecule has 0 fully saturated rings. The van der Waals surface area contributed by atoms with Crippen molar-refractivity contribution in [3.8, 4) is 0 Å². The Hall–Kier alpha value is -3.50. The zero-order chi connectivity index (χ0) is 23.5. The van der Waals surface area contributed by atoms with E-state index in [1.807, 2.05) is 24.3 Å². The Labute approximate surface area is 195 Å². The van der Waals surface area contributed by atoms with Gasteiger partial charge in [-0.3, -0.25) is 14.5 Å². The molecule has 33 heavy (non-hydrogen) atoms. The fourth-order valence-electron chi connectivity index (χ4n) is 3.19. The fraction of sp³-hybridized carbons (Fsp3) is 0.130. The highest BCUT2D eigenvalue weighted by atomic mass is 32.1. The van der Waals surface area contributed by atoms with E-state index in [2.05, 4.69) is 9.97 Å². The van der Waals surface area contributed by atoms with Crippen LogP contribution in [0.25, 0.3) is 21.9 Å². The molecular weight excluding hydrogens is 468 g/mol. The first-order valence-corrected chi connectivity index (χ1v) is 11.5. The van der Waals surface area contributed by atoms with Gasteiger partial charge in [-0.2, -0.15) is 0 Å². The van der Waals surface area contributed by atoms with E-state index in [1.54, 1.807) is 11.5 Å². The van der Waals surface area contributed by atoms with Crippen molar-refractivity contribution in [2.24, 2.45) is 0 Å². The van der Waals surface area contributed by atoms with Crippen molar-refractivity contribution in [2.45, 2.75) is 19.8 Å². The van der Waals surface area contributed by atoms with E-state index in [9.17, 15) is 18.4 Å². The Morgan fingerprint density at radius 2 is 1.91 bits per heavy atom. The first-order valence-electron chi connectivity index (χ1n) is 9.81.